The number of carbonyl (C=O) groups is 1. The van der Waals surface area contributed by atoms with Crippen LogP contribution in [0.5, 0.6) is 0 Å². The van der Waals surface area contributed by atoms with E-state index >= 15 is 0 Å². The highest BCUT2D eigenvalue weighted by Gasteiger charge is 2.34. The van der Waals surface area contributed by atoms with Gasteiger partial charge in [0.1, 0.15) is 6.04 Å². The first-order valence-corrected chi connectivity index (χ1v) is 4.50. The molecule has 0 unspecified atom stereocenters. The Hall–Kier alpha value is -0.570. The van der Waals surface area contributed by atoms with Crippen LogP contribution in [0.2, 0.25) is 0 Å². The van der Waals surface area contributed by atoms with E-state index in [0.717, 1.165) is 19.3 Å². The molecular formula is C9H17NO2. The van der Waals surface area contributed by atoms with Crippen molar-refractivity contribution in [2.45, 2.75) is 38.3 Å². The molecule has 0 aromatic rings. The van der Waals surface area contributed by atoms with Gasteiger partial charge in [0, 0.05) is 6.04 Å². The van der Waals surface area contributed by atoms with Crippen LogP contribution in [-0.2, 0) is 9.53 Å². The monoisotopic (exact) mass is 171 g/mol. The molecule has 1 aliphatic rings. The van der Waals surface area contributed by atoms with Gasteiger partial charge < -0.3 is 4.74 Å². The summed E-state index contributed by atoms with van der Waals surface area (Å²) in [6.45, 7) is 2.15. The topological polar surface area (TPSA) is 29.5 Å². The number of hydrogen-bond acceptors (Lipinski definition) is 3. The van der Waals surface area contributed by atoms with Gasteiger partial charge in [-0.3, -0.25) is 9.69 Å². The molecule has 0 bridgehead atoms. The van der Waals surface area contributed by atoms with Crippen molar-refractivity contribution in [3.63, 3.8) is 0 Å². The molecule has 1 rings (SSSR count). The Morgan fingerprint density at radius 2 is 2.25 bits per heavy atom. The van der Waals surface area contributed by atoms with Crippen molar-refractivity contribution in [3.05, 3.63) is 0 Å². The van der Waals surface area contributed by atoms with E-state index in [1.165, 1.54) is 7.11 Å². The molecule has 0 spiro atoms. The molecule has 0 saturated carbocycles. The highest BCUT2D eigenvalue weighted by Crippen LogP contribution is 2.24. The van der Waals surface area contributed by atoms with Gasteiger partial charge in [0.25, 0.3) is 0 Å². The fourth-order valence-corrected chi connectivity index (χ4v) is 1.92. The summed E-state index contributed by atoms with van der Waals surface area (Å²) in [5.74, 6) is -0.0894. The zero-order valence-corrected chi connectivity index (χ0v) is 8.04. The lowest BCUT2D eigenvalue weighted by molar-refractivity contribution is -0.145. The average molecular weight is 171 g/mol. The molecule has 1 fully saturated rings. The van der Waals surface area contributed by atoms with E-state index in [9.17, 15) is 4.79 Å². The SMILES string of the molecule is CC[C@@H]1CC[C@H](C(=O)OC)N1C. The van der Waals surface area contributed by atoms with E-state index in [0.29, 0.717) is 6.04 Å². The Labute approximate surface area is 73.7 Å². The van der Waals surface area contributed by atoms with Crippen LogP contribution in [0.1, 0.15) is 26.2 Å². The summed E-state index contributed by atoms with van der Waals surface area (Å²) in [4.78, 5) is 13.4. The first-order valence-electron chi connectivity index (χ1n) is 4.50. The predicted octanol–water partition coefficient (Wildman–Crippen LogP) is 1.03. The number of rotatable bonds is 2. The molecule has 0 amide bonds. The number of likely N-dealkylation sites (tertiary alicyclic amines) is 1. The molecule has 0 aliphatic carbocycles. The van der Waals surface area contributed by atoms with Gasteiger partial charge in [-0.1, -0.05) is 6.92 Å². The lowest BCUT2D eigenvalue weighted by Crippen LogP contribution is -2.37. The number of esters is 1. The van der Waals surface area contributed by atoms with Gasteiger partial charge in [-0.25, -0.2) is 0 Å². The van der Waals surface area contributed by atoms with Gasteiger partial charge in [0.15, 0.2) is 0 Å². The van der Waals surface area contributed by atoms with Gasteiger partial charge in [0.05, 0.1) is 7.11 Å². The Kier molecular flexibility index (Phi) is 3.09. The number of methoxy groups -OCH3 is 1. The third kappa shape index (κ3) is 1.61. The first-order chi connectivity index (χ1) is 5.70. The van der Waals surface area contributed by atoms with Crippen LogP contribution in [0, 0.1) is 0 Å². The van der Waals surface area contributed by atoms with Crippen molar-refractivity contribution < 1.29 is 9.53 Å². The van der Waals surface area contributed by atoms with Crippen molar-refractivity contribution in [1.82, 2.24) is 4.90 Å². The van der Waals surface area contributed by atoms with Crippen molar-refractivity contribution in [3.8, 4) is 0 Å². The molecule has 2 atom stereocenters. The molecule has 0 aromatic heterocycles. The molecule has 0 radical (unpaired) electrons. The van der Waals surface area contributed by atoms with Crippen LogP contribution >= 0.6 is 0 Å². The van der Waals surface area contributed by atoms with Crippen LogP contribution in [0.25, 0.3) is 0 Å². The fraction of sp³-hybridized carbons (Fsp3) is 0.889. The van der Waals surface area contributed by atoms with Crippen LogP contribution < -0.4 is 0 Å². The van der Waals surface area contributed by atoms with E-state index in [2.05, 4.69) is 11.8 Å². The largest absolute Gasteiger partial charge is 0.468 e. The predicted molar refractivity (Wildman–Crippen MR) is 46.9 cm³/mol. The van der Waals surface area contributed by atoms with Crippen molar-refractivity contribution in [2.75, 3.05) is 14.2 Å². The molecule has 1 saturated heterocycles. The number of likely N-dealkylation sites (N-methyl/N-ethyl adjacent to an activating group) is 1. The fourth-order valence-electron chi connectivity index (χ4n) is 1.92. The summed E-state index contributed by atoms with van der Waals surface area (Å²) in [7, 11) is 3.46. The second-order valence-electron chi connectivity index (χ2n) is 3.34. The van der Waals surface area contributed by atoms with Crippen LogP contribution in [0.4, 0.5) is 0 Å². The lowest BCUT2D eigenvalue weighted by Gasteiger charge is -2.22. The van der Waals surface area contributed by atoms with Crippen LogP contribution in [0.3, 0.4) is 0 Å². The Bertz CT molecular complexity index is 170. The standard InChI is InChI=1S/C9H17NO2/c1-4-7-5-6-8(10(7)2)9(11)12-3/h7-8H,4-6H2,1-3H3/t7-,8-/m1/s1. The van der Waals surface area contributed by atoms with Gasteiger partial charge in [-0.2, -0.15) is 0 Å². The maximum Gasteiger partial charge on any atom is 0.323 e. The van der Waals surface area contributed by atoms with Crippen molar-refractivity contribution in [1.29, 1.82) is 0 Å². The smallest absolute Gasteiger partial charge is 0.323 e. The third-order valence-corrected chi connectivity index (χ3v) is 2.79. The van der Waals surface area contributed by atoms with E-state index in [1.54, 1.807) is 0 Å². The zero-order valence-electron chi connectivity index (χ0n) is 8.04. The van der Waals surface area contributed by atoms with Gasteiger partial charge in [-0.05, 0) is 26.3 Å². The first kappa shape index (κ1) is 9.52. The van der Waals surface area contributed by atoms with Crippen molar-refractivity contribution >= 4 is 5.97 Å². The molecule has 0 aromatic carbocycles. The highest BCUT2D eigenvalue weighted by molar-refractivity contribution is 5.76. The average Bonchev–Trinajstić information content (AvgIpc) is 2.45. The normalized spacial score (nSPS) is 30.6. The Balaban J connectivity index is 2.54. The molecule has 0 N–H and O–H groups in total. The summed E-state index contributed by atoms with van der Waals surface area (Å²) in [5.41, 5.74) is 0. The summed E-state index contributed by atoms with van der Waals surface area (Å²) in [6, 6.07) is 0.564. The minimum absolute atomic E-state index is 0.0000463. The summed E-state index contributed by atoms with van der Waals surface area (Å²) < 4.78 is 4.72. The van der Waals surface area contributed by atoms with Gasteiger partial charge in [-0.15, -0.1) is 0 Å². The van der Waals surface area contributed by atoms with E-state index in [-0.39, 0.29) is 12.0 Å². The molecule has 1 heterocycles. The summed E-state index contributed by atoms with van der Waals surface area (Å²) in [5, 5.41) is 0. The maximum absolute atomic E-state index is 11.2. The summed E-state index contributed by atoms with van der Waals surface area (Å²) >= 11 is 0. The zero-order chi connectivity index (χ0) is 9.14. The number of hydrogen-bond donors (Lipinski definition) is 0. The minimum Gasteiger partial charge on any atom is -0.468 e. The summed E-state index contributed by atoms with van der Waals surface area (Å²) in [6.07, 6.45) is 3.18. The van der Waals surface area contributed by atoms with Crippen molar-refractivity contribution in [2.24, 2.45) is 0 Å². The second kappa shape index (κ2) is 3.90. The quantitative estimate of drug-likeness (QED) is 0.581. The minimum atomic E-state index is -0.0894. The molecule has 3 nitrogen and oxygen atoms in total. The molecule has 3 heteroatoms. The Morgan fingerprint density at radius 3 is 2.67 bits per heavy atom. The number of nitrogens with zero attached hydrogens (tertiary/aromatic N) is 1. The highest BCUT2D eigenvalue weighted by atomic mass is 16.5. The molecule has 1 aliphatic heterocycles. The number of ether oxygens (including phenoxy) is 1. The van der Waals surface area contributed by atoms with Gasteiger partial charge in [0.2, 0.25) is 0 Å². The van der Waals surface area contributed by atoms with E-state index < -0.39 is 0 Å². The van der Waals surface area contributed by atoms with E-state index in [4.69, 9.17) is 4.74 Å². The van der Waals surface area contributed by atoms with Crippen LogP contribution in [-0.4, -0.2) is 37.1 Å². The molecule has 70 valence electrons. The van der Waals surface area contributed by atoms with E-state index in [1.807, 2.05) is 7.05 Å². The van der Waals surface area contributed by atoms with Crippen LogP contribution in [0.15, 0.2) is 0 Å². The maximum atomic E-state index is 11.2. The lowest BCUT2D eigenvalue weighted by atomic mass is 10.1. The Morgan fingerprint density at radius 1 is 1.58 bits per heavy atom. The molecule has 12 heavy (non-hydrogen) atoms. The second-order valence-corrected chi connectivity index (χ2v) is 3.34. The molecular weight excluding hydrogens is 154 g/mol. The van der Waals surface area contributed by atoms with Gasteiger partial charge >= 0.3 is 5.97 Å². The third-order valence-electron chi connectivity index (χ3n) is 2.79. The number of carbonyl (C=O) groups excluding carboxylic acids is 1.